The van der Waals surface area contributed by atoms with E-state index < -0.39 is 0 Å². The molecule has 0 aromatic heterocycles. The van der Waals surface area contributed by atoms with Crippen molar-refractivity contribution in [1.82, 2.24) is 0 Å². The van der Waals surface area contributed by atoms with Crippen molar-refractivity contribution in [3.63, 3.8) is 0 Å². The number of halogens is 1. The van der Waals surface area contributed by atoms with Crippen LogP contribution in [-0.2, 0) is 0 Å². The molecule has 1 rings (SSSR count). The van der Waals surface area contributed by atoms with Crippen molar-refractivity contribution in [3.05, 3.63) is 22.2 Å². The van der Waals surface area contributed by atoms with Gasteiger partial charge in [0.2, 0.25) is 0 Å². The Bertz CT molecular complexity index is 396. The molecule has 1 atom stereocenters. The second-order valence-electron chi connectivity index (χ2n) is 4.44. The van der Waals surface area contributed by atoms with Gasteiger partial charge in [-0.05, 0) is 38.0 Å². The second-order valence-corrected chi connectivity index (χ2v) is 5.29. The van der Waals surface area contributed by atoms with E-state index in [1.165, 1.54) is 0 Å². The lowest BCUT2D eigenvalue weighted by Crippen LogP contribution is -2.11. The molecule has 0 aliphatic heterocycles. The van der Waals surface area contributed by atoms with Crippen LogP contribution in [-0.4, -0.2) is 13.2 Å². The monoisotopic (exact) mass is 329 g/mol. The Labute approximate surface area is 124 Å². The van der Waals surface area contributed by atoms with Crippen molar-refractivity contribution < 1.29 is 9.47 Å². The van der Waals surface area contributed by atoms with E-state index >= 15 is 0 Å². The number of hydrogen-bond acceptors (Lipinski definition) is 3. The molecule has 108 valence electrons. The molecule has 4 heteroatoms. The predicted octanol–water partition coefficient (Wildman–Crippen LogP) is 4.44. The van der Waals surface area contributed by atoms with E-state index in [4.69, 9.17) is 15.2 Å². The Kier molecular flexibility index (Phi) is 7.24. The number of benzene rings is 1. The molecule has 0 fully saturated rings. The van der Waals surface area contributed by atoms with Gasteiger partial charge in [-0.1, -0.05) is 35.7 Å². The molecule has 3 nitrogen and oxygen atoms in total. The standard InChI is InChI=1S/C15H24BrNO2/c1-4-7-8-13(17)11-9-14(18-5-2)15(19-6-3)10-12(11)16/h9-10,13H,4-8,17H2,1-3H3. The molecule has 0 aliphatic carbocycles. The Morgan fingerprint density at radius 1 is 1.11 bits per heavy atom. The fourth-order valence-corrected chi connectivity index (χ4v) is 2.57. The smallest absolute Gasteiger partial charge is 0.162 e. The largest absolute Gasteiger partial charge is 0.490 e. The maximum atomic E-state index is 6.24. The van der Waals surface area contributed by atoms with Crippen LogP contribution in [0.2, 0.25) is 0 Å². The van der Waals surface area contributed by atoms with Crippen LogP contribution in [0.1, 0.15) is 51.6 Å². The first-order valence-corrected chi connectivity index (χ1v) is 7.77. The highest BCUT2D eigenvalue weighted by atomic mass is 79.9. The summed E-state index contributed by atoms with van der Waals surface area (Å²) < 4.78 is 12.2. The average molecular weight is 330 g/mol. The molecule has 0 radical (unpaired) electrons. The molecule has 0 saturated heterocycles. The molecule has 1 unspecified atom stereocenters. The molecule has 0 amide bonds. The summed E-state index contributed by atoms with van der Waals surface area (Å²) in [5, 5.41) is 0. The lowest BCUT2D eigenvalue weighted by molar-refractivity contribution is 0.287. The predicted molar refractivity (Wildman–Crippen MR) is 82.9 cm³/mol. The van der Waals surface area contributed by atoms with Gasteiger partial charge < -0.3 is 15.2 Å². The summed E-state index contributed by atoms with van der Waals surface area (Å²) in [4.78, 5) is 0. The molecular weight excluding hydrogens is 306 g/mol. The van der Waals surface area contributed by atoms with Crippen molar-refractivity contribution >= 4 is 15.9 Å². The Hall–Kier alpha value is -0.740. The summed E-state index contributed by atoms with van der Waals surface area (Å²) in [6, 6.07) is 3.98. The maximum Gasteiger partial charge on any atom is 0.162 e. The van der Waals surface area contributed by atoms with Crippen LogP contribution in [0.4, 0.5) is 0 Å². The van der Waals surface area contributed by atoms with Crippen LogP contribution < -0.4 is 15.2 Å². The van der Waals surface area contributed by atoms with Crippen LogP contribution >= 0.6 is 15.9 Å². The minimum atomic E-state index is 0.0317. The SMILES string of the molecule is CCCCC(N)c1cc(OCC)c(OCC)cc1Br. The maximum absolute atomic E-state index is 6.24. The van der Waals surface area contributed by atoms with Crippen molar-refractivity contribution in [2.45, 2.75) is 46.1 Å². The van der Waals surface area contributed by atoms with Crippen LogP contribution in [0.5, 0.6) is 11.5 Å². The molecule has 19 heavy (non-hydrogen) atoms. The summed E-state index contributed by atoms with van der Waals surface area (Å²) in [5.41, 5.74) is 7.33. The summed E-state index contributed by atoms with van der Waals surface area (Å²) in [6.45, 7) is 7.34. The highest BCUT2D eigenvalue weighted by Crippen LogP contribution is 2.37. The van der Waals surface area contributed by atoms with Crippen LogP contribution in [0.15, 0.2) is 16.6 Å². The van der Waals surface area contributed by atoms with Gasteiger partial charge in [-0.15, -0.1) is 0 Å². The number of hydrogen-bond donors (Lipinski definition) is 1. The van der Waals surface area contributed by atoms with Crippen molar-refractivity contribution in [1.29, 1.82) is 0 Å². The third-order valence-electron chi connectivity index (χ3n) is 2.93. The topological polar surface area (TPSA) is 44.5 Å². The van der Waals surface area contributed by atoms with Gasteiger partial charge in [0.1, 0.15) is 0 Å². The Balaban J connectivity index is 3.01. The molecule has 1 aromatic carbocycles. The number of ether oxygens (including phenoxy) is 2. The van der Waals surface area contributed by atoms with Crippen LogP contribution in [0, 0.1) is 0 Å². The lowest BCUT2D eigenvalue weighted by Gasteiger charge is -2.18. The van der Waals surface area contributed by atoms with Gasteiger partial charge in [0.25, 0.3) is 0 Å². The summed E-state index contributed by atoms with van der Waals surface area (Å²) in [5.74, 6) is 1.54. The van der Waals surface area contributed by atoms with Gasteiger partial charge in [0.05, 0.1) is 13.2 Å². The van der Waals surface area contributed by atoms with Gasteiger partial charge in [-0.25, -0.2) is 0 Å². The van der Waals surface area contributed by atoms with E-state index in [2.05, 4.69) is 22.9 Å². The Morgan fingerprint density at radius 3 is 2.21 bits per heavy atom. The molecular formula is C15H24BrNO2. The van der Waals surface area contributed by atoms with Crippen molar-refractivity contribution in [2.75, 3.05) is 13.2 Å². The fraction of sp³-hybridized carbons (Fsp3) is 0.600. The van der Waals surface area contributed by atoms with E-state index in [-0.39, 0.29) is 6.04 Å². The third kappa shape index (κ3) is 4.69. The first kappa shape index (κ1) is 16.3. The minimum Gasteiger partial charge on any atom is -0.490 e. The van der Waals surface area contributed by atoms with E-state index in [0.29, 0.717) is 13.2 Å². The van der Waals surface area contributed by atoms with Crippen molar-refractivity contribution in [2.24, 2.45) is 5.73 Å². The quantitative estimate of drug-likeness (QED) is 0.766. The van der Waals surface area contributed by atoms with Gasteiger partial charge in [-0.2, -0.15) is 0 Å². The highest BCUT2D eigenvalue weighted by Gasteiger charge is 2.15. The summed E-state index contributed by atoms with van der Waals surface area (Å²) in [7, 11) is 0. The summed E-state index contributed by atoms with van der Waals surface area (Å²) in [6.07, 6.45) is 3.26. The number of rotatable bonds is 8. The van der Waals surface area contributed by atoms with Gasteiger partial charge in [0.15, 0.2) is 11.5 Å². The molecule has 0 heterocycles. The first-order chi connectivity index (χ1) is 9.13. The van der Waals surface area contributed by atoms with E-state index in [9.17, 15) is 0 Å². The van der Waals surface area contributed by atoms with Gasteiger partial charge in [-0.3, -0.25) is 0 Å². The number of unbranched alkanes of at least 4 members (excludes halogenated alkanes) is 1. The molecule has 0 bridgehead atoms. The zero-order valence-corrected chi connectivity index (χ0v) is 13.6. The van der Waals surface area contributed by atoms with E-state index in [1.54, 1.807) is 0 Å². The second kappa shape index (κ2) is 8.43. The van der Waals surface area contributed by atoms with E-state index in [0.717, 1.165) is 40.8 Å². The molecule has 2 N–H and O–H groups in total. The lowest BCUT2D eigenvalue weighted by atomic mass is 10.0. The van der Waals surface area contributed by atoms with Crippen LogP contribution in [0.3, 0.4) is 0 Å². The van der Waals surface area contributed by atoms with Crippen molar-refractivity contribution in [3.8, 4) is 11.5 Å². The fourth-order valence-electron chi connectivity index (χ4n) is 1.95. The van der Waals surface area contributed by atoms with E-state index in [1.807, 2.05) is 26.0 Å². The average Bonchev–Trinajstić information content (AvgIpc) is 2.39. The summed E-state index contributed by atoms with van der Waals surface area (Å²) >= 11 is 3.58. The molecule has 0 saturated carbocycles. The molecule has 0 aliphatic rings. The van der Waals surface area contributed by atoms with Gasteiger partial charge >= 0.3 is 0 Å². The molecule has 1 aromatic rings. The zero-order valence-electron chi connectivity index (χ0n) is 12.0. The highest BCUT2D eigenvalue weighted by molar-refractivity contribution is 9.10. The van der Waals surface area contributed by atoms with Crippen LogP contribution in [0.25, 0.3) is 0 Å². The van der Waals surface area contributed by atoms with Gasteiger partial charge in [0, 0.05) is 10.5 Å². The normalized spacial score (nSPS) is 12.3. The molecule has 0 spiro atoms. The first-order valence-electron chi connectivity index (χ1n) is 6.98. The Morgan fingerprint density at radius 2 is 1.68 bits per heavy atom. The minimum absolute atomic E-state index is 0.0317. The zero-order chi connectivity index (χ0) is 14.3. The number of nitrogens with two attached hydrogens (primary N) is 1. The third-order valence-corrected chi connectivity index (χ3v) is 3.62.